The van der Waals surface area contributed by atoms with Crippen molar-refractivity contribution in [2.45, 2.75) is 19.4 Å². The maximum Gasteiger partial charge on any atom is 0.253 e. The fourth-order valence-electron chi connectivity index (χ4n) is 2.08. The summed E-state index contributed by atoms with van der Waals surface area (Å²) >= 11 is 0. The molecule has 22 heavy (non-hydrogen) atoms. The molecule has 0 bridgehead atoms. The van der Waals surface area contributed by atoms with Crippen LogP contribution in [0, 0.1) is 0 Å². The average Bonchev–Trinajstić information content (AvgIpc) is 2.56. The van der Waals surface area contributed by atoms with Crippen molar-refractivity contribution in [2.75, 3.05) is 13.2 Å². The first-order valence-corrected chi connectivity index (χ1v) is 7.27. The minimum atomic E-state index is -0.332. The van der Waals surface area contributed by atoms with Crippen LogP contribution in [-0.2, 0) is 6.42 Å². The molecule has 0 saturated heterocycles. The van der Waals surface area contributed by atoms with Crippen molar-refractivity contribution in [2.24, 2.45) is 0 Å². The number of nitrogens with one attached hydrogen (secondary N) is 1. The number of rotatable bonds is 7. The van der Waals surface area contributed by atoms with Crippen LogP contribution < -0.4 is 10.1 Å². The highest BCUT2D eigenvalue weighted by atomic mass is 16.5. The number of benzene rings is 1. The zero-order valence-electron chi connectivity index (χ0n) is 12.5. The predicted octanol–water partition coefficient (Wildman–Crippen LogP) is 1.81. The van der Waals surface area contributed by atoms with Crippen molar-refractivity contribution in [3.63, 3.8) is 0 Å². The van der Waals surface area contributed by atoms with Crippen molar-refractivity contribution >= 4 is 5.91 Å². The van der Waals surface area contributed by atoms with Gasteiger partial charge in [0.2, 0.25) is 5.88 Å². The van der Waals surface area contributed by atoms with E-state index in [4.69, 9.17) is 4.74 Å². The van der Waals surface area contributed by atoms with E-state index in [1.54, 1.807) is 12.1 Å². The Bertz CT molecular complexity index is 585. The van der Waals surface area contributed by atoms with Crippen LogP contribution in [0.25, 0.3) is 0 Å². The molecule has 116 valence electrons. The molecule has 5 heteroatoms. The fraction of sp³-hybridized carbons (Fsp3) is 0.294. The number of carbonyl (C=O) groups is 1. The van der Waals surface area contributed by atoms with E-state index in [1.165, 1.54) is 6.20 Å². The normalized spacial score (nSPS) is 11.7. The van der Waals surface area contributed by atoms with Crippen LogP contribution in [0.15, 0.2) is 48.7 Å². The highest BCUT2D eigenvalue weighted by Crippen LogP contribution is 2.08. The van der Waals surface area contributed by atoms with E-state index in [-0.39, 0.29) is 18.6 Å². The number of hydrogen-bond donors (Lipinski definition) is 2. The second-order valence-electron chi connectivity index (χ2n) is 4.86. The van der Waals surface area contributed by atoms with E-state index in [0.29, 0.717) is 24.5 Å². The zero-order chi connectivity index (χ0) is 15.8. The van der Waals surface area contributed by atoms with Crippen LogP contribution in [0.2, 0.25) is 0 Å². The maximum atomic E-state index is 12.2. The van der Waals surface area contributed by atoms with Gasteiger partial charge in [0.1, 0.15) is 0 Å². The van der Waals surface area contributed by atoms with Gasteiger partial charge in [-0.2, -0.15) is 0 Å². The number of pyridine rings is 1. The number of nitrogens with zero attached hydrogens (tertiary/aromatic N) is 1. The molecule has 0 spiro atoms. The first kappa shape index (κ1) is 16.0. The summed E-state index contributed by atoms with van der Waals surface area (Å²) in [6.45, 7) is 2.28. The Morgan fingerprint density at radius 1 is 1.27 bits per heavy atom. The van der Waals surface area contributed by atoms with Crippen LogP contribution in [0.3, 0.4) is 0 Å². The monoisotopic (exact) mass is 300 g/mol. The molecule has 0 radical (unpaired) electrons. The third kappa shape index (κ3) is 4.56. The zero-order valence-corrected chi connectivity index (χ0v) is 12.5. The minimum absolute atomic E-state index is 0.120. The Hall–Kier alpha value is -2.40. The molecule has 1 aromatic carbocycles. The van der Waals surface area contributed by atoms with Gasteiger partial charge in [-0.25, -0.2) is 4.98 Å². The molecule has 1 amide bonds. The fourth-order valence-corrected chi connectivity index (χ4v) is 2.08. The highest BCUT2D eigenvalue weighted by molar-refractivity contribution is 5.94. The second-order valence-corrected chi connectivity index (χ2v) is 4.86. The van der Waals surface area contributed by atoms with Crippen LogP contribution in [0.1, 0.15) is 22.8 Å². The summed E-state index contributed by atoms with van der Waals surface area (Å²) < 4.78 is 5.24. The molecular weight excluding hydrogens is 280 g/mol. The van der Waals surface area contributed by atoms with Crippen molar-refractivity contribution in [1.82, 2.24) is 10.3 Å². The van der Waals surface area contributed by atoms with Crippen LogP contribution in [0.4, 0.5) is 0 Å². The van der Waals surface area contributed by atoms with Gasteiger partial charge in [0.15, 0.2) is 0 Å². The predicted molar refractivity (Wildman–Crippen MR) is 83.9 cm³/mol. The van der Waals surface area contributed by atoms with Gasteiger partial charge >= 0.3 is 0 Å². The van der Waals surface area contributed by atoms with Gasteiger partial charge in [0, 0.05) is 12.3 Å². The summed E-state index contributed by atoms with van der Waals surface area (Å²) in [6, 6.07) is 12.7. The molecule has 0 aliphatic carbocycles. The van der Waals surface area contributed by atoms with Crippen LogP contribution in [0.5, 0.6) is 5.88 Å². The number of aromatic nitrogens is 1. The van der Waals surface area contributed by atoms with E-state index in [0.717, 1.165) is 5.56 Å². The smallest absolute Gasteiger partial charge is 0.253 e. The summed E-state index contributed by atoms with van der Waals surface area (Å²) in [5.74, 6) is 0.229. The summed E-state index contributed by atoms with van der Waals surface area (Å²) in [6.07, 6.45) is 2.05. The first-order valence-electron chi connectivity index (χ1n) is 7.27. The molecule has 5 nitrogen and oxygen atoms in total. The topological polar surface area (TPSA) is 71.5 Å². The van der Waals surface area contributed by atoms with E-state index in [2.05, 4.69) is 10.3 Å². The molecule has 0 fully saturated rings. The largest absolute Gasteiger partial charge is 0.478 e. The molecule has 2 rings (SSSR count). The third-order valence-corrected chi connectivity index (χ3v) is 3.17. The van der Waals surface area contributed by atoms with E-state index in [9.17, 15) is 9.90 Å². The van der Waals surface area contributed by atoms with Crippen LogP contribution >= 0.6 is 0 Å². The Morgan fingerprint density at radius 3 is 2.64 bits per heavy atom. The lowest BCUT2D eigenvalue weighted by atomic mass is 10.1. The summed E-state index contributed by atoms with van der Waals surface area (Å²) in [4.78, 5) is 16.2. The molecule has 0 saturated carbocycles. The van der Waals surface area contributed by atoms with E-state index in [1.807, 2.05) is 37.3 Å². The van der Waals surface area contributed by atoms with Gasteiger partial charge < -0.3 is 15.2 Å². The molecule has 1 unspecified atom stereocenters. The highest BCUT2D eigenvalue weighted by Gasteiger charge is 2.14. The van der Waals surface area contributed by atoms with E-state index >= 15 is 0 Å². The lowest BCUT2D eigenvalue weighted by molar-refractivity contribution is 0.0916. The summed E-state index contributed by atoms with van der Waals surface area (Å²) in [5.41, 5.74) is 1.50. The van der Waals surface area contributed by atoms with Gasteiger partial charge in [-0.15, -0.1) is 0 Å². The number of amides is 1. The van der Waals surface area contributed by atoms with Crippen molar-refractivity contribution in [1.29, 1.82) is 0 Å². The Labute approximate surface area is 130 Å². The van der Waals surface area contributed by atoms with Gasteiger partial charge in [0.25, 0.3) is 5.91 Å². The molecule has 2 aromatic rings. The Morgan fingerprint density at radius 2 is 2.05 bits per heavy atom. The number of aliphatic hydroxyl groups excluding tert-OH is 1. The molecule has 1 aromatic heterocycles. The third-order valence-electron chi connectivity index (χ3n) is 3.17. The second kappa shape index (κ2) is 8.14. The Balaban J connectivity index is 1.96. The quantitative estimate of drug-likeness (QED) is 0.818. The lowest BCUT2D eigenvalue weighted by Gasteiger charge is -2.16. The Kier molecular flexibility index (Phi) is 5.91. The first-order chi connectivity index (χ1) is 10.7. The van der Waals surface area contributed by atoms with Gasteiger partial charge in [-0.1, -0.05) is 30.3 Å². The molecule has 0 aliphatic heterocycles. The van der Waals surface area contributed by atoms with Gasteiger partial charge in [-0.3, -0.25) is 4.79 Å². The van der Waals surface area contributed by atoms with Gasteiger partial charge in [0.05, 0.1) is 24.8 Å². The van der Waals surface area contributed by atoms with Gasteiger partial charge in [-0.05, 0) is 25.0 Å². The maximum absolute atomic E-state index is 12.2. The lowest BCUT2D eigenvalue weighted by Crippen LogP contribution is -2.39. The molecule has 0 aliphatic rings. The number of aliphatic hydroxyl groups is 1. The van der Waals surface area contributed by atoms with E-state index < -0.39 is 0 Å². The van der Waals surface area contributed by atoms with Crippen molar-refractivity contribution in [3.05, 3.63) is 59.8 Å². The molecule has 2 N–H and O–H groups in total. The molecular formula is C17H20N2O3. The standard InChI is InChI=1S/C17H20N2O3/c1-2-22-16-9-8-14(11-18-16)17(21)19-15(12-20)10-13-6-4-3-5-7-13/h3-9,11,15,20H,2,10,12H2,1H3,(H,19,21). The SMILES string of the molecule is CCOc1ccc(C(=O)NC(CO)Cc2ccccc2)cn1. The van der Waals surface area contributed by atoms with Crippen molar-refractivity contribution in [3.8, 4) is 5.88 Å². The van der Waals surface area contributed by atoms with Crippen LogP contribution in [-0.4, -0.2) is 35.3 Å². The minimum Gasteiger partial charge on any atom is -0.478 e. The molecule has 1 heterocycles. The number of carbonyl (C=O) groups excluding carboxylic acids is 1. The summed E-state index contributed by atoms with van der Waals surface area (Å²) in [5, 5.41) is 12.3. The number of ether oxygens (including phenoxy) is 1. The number of hydrogen-bond acceptors (Lipinski definition) is 4. The summed E-state index contributed by atoms with van der Waals surface area (Å²) in [7, 11) is 0. The average molecular weight is 300 g/mol. The molecule has 1 atom stereocenters. The van der Waals surface area contributed by atoms with Crippen molar-refractivity contribution < 1.29 is 14.6 Å².